The Labute approximate surface area is 157 Å². The SMILES string of the molecule is N[C@@H]1C(=O)NCc2cccc3cc(-c4ccccc4)n1c23.O=C(O)C(F)(F)F. The van der Waals surface area contributed by atoms with Crippen molar-refractivity contribution in [3.63, 3.8) is 0 Å². The predicted molar refractivity (Wildman–Crippen MR) is 96.1 cm³/mol. The van der Waals surface area contributed by atoms with E-state index in [-0.39, 0.29) is 5.91 Å². The molecule has 2 heterocycles. The van der Waals surface area contributed by atoms with Crippen LogP contribution in [0.15, 0.2) is 54.6 Å². The summed E-state index contributed by atoms with van der Waals surface area (Å²) in [5.74, 6) is -2.91. The Morgan fingerprint density at radius 1 is 1.14 bits per heavy atom. The zero-order valence-electron chi connectivity index (χ0n) is 14.4. The van der Waals surface area contributed by atoms with Crippen LogP contribution in [0.4, 0.5) is 13.2 Å². The Kier molecular flexibility index (Phi) is 5.10. The van der Waals surface area contributed by atoms with E-state index in [0.29, 0.717) is 6.54 Å². The van der Waals surface area contributed by atoms with E-state index in [0.717, 1.165) is 27.7 Å². The number of hydrogen-bond donors (Lipinski definition) is 3. The van der Waals surface area contributed by atoms with Crippen LogP contribution in [0.3, 0.4) is 0 Å². The van der Waals surface area contributed by atoms with E-state index in [2.05, 4.69) is 17.4 Å². The fourth-order valence-corrected chi connectivity index (χ4v) is 3.03. The van der Waals surface area contributed by atoms with Gasteiger partial charge in [0, 0.05) is 11.9 Å². The summed E-state index contributed by atoms with van der Waals surface area (Å²) in [6, 6.07) is 18.2. The molecule has 3 aromatic rings. The molecule has 1 aromatic heterocycles. The van der Waals surface area contributed by atoms with Crippen LogP contribution in [0, 0.1) is 0 Å². The summed E-state index contributed by atoms with van der Waals surface area (Å²) < 4.78 is 33.7. The number of para-hydroxylation sites is 1. The molecule has 6 nitrogen and oxygen atoms in total. The summed E-state index contributed by atoms with van der Waals surface area (Å²) in [5.41, 5.74) is 10.4. The van der Waals surface area contributed by atoms with E-state index in [1.165, 1.54) is 0 Å². The van der Waals surface area contributed by atoms with Crippen LogP contribution in [-0.4, -0.2) is 27.7 Å². The molecule has 1 aliphatic heterocycles. The Hall–Kier alpha value is -3.33. The summed E-state index contributed by atoms with van der Waals surface area (Å²) in [6.45, 7) is 0.516. The standard InChI is InChI=1S/C17H15N3O.C2HF3O2/c18-16-17(21)19-10-13-8-4-7-12-9-14(20(16)15(12)13)11-5-2-1-3-6-11;3-2(4,5)1(6)7/h1-9,16H,10,18H2,(H,19,21);(H,6,7)/t16-;/m0./s1. The molecule has 1 atom stereocenters. The lowest BCUT2D eigenvalue weighted by molar-refractivity contribution is -0.192. The third-order valence-corrected chi connectivity index (χ3v) is 4.26. The number of amides is 1. The van der Waals surface area contributed by atoms with Gasteiger partial charge in [-0.3, -0.25) is 4.79 Å². The highest BCUT2D eigenvalue weighted by Crippen LogP contribution is 2.33. The summed E-state index contributed by atoms with van der Waals surface area (Å²) in [7, 11) is 0. The monoisotopic (exact) mass is 391 g/mol. The molecule has 0 radical (unpaired) electrons. The van der Waals surface area contributed by atoms with Gasteiger partial charge >= 0.3 is 12.1 Å². The van der Waals surface area contributed by atoms with E-state index < -0.39 is 18.3 Å². The van der Waals surface area contributed by atoms with Gasteiger partial charge in [-0.2, -0.15) is 13.2 Å². The highest BCUT2D eigenvalue weighted by atomic mass is 19.4. The zero-order chi connectivity index (χ0) is 20.5. The molecule has 146 valence electrons. The maximum atomic E-state index is 12.1. The van der Waals surface area contributed by atoms with Crippen molar-refractivity contribution in [2.45, 2.75) is 18.9 Å². The molecule has 0 spiro atoms. The number of nitrogens with two attached hydrogens (primary N) is 1. The highest BCUT2D eigenvalue weighted by molar-refractivity contribution is 5.94. The molecule has 2 aromatic carbocycles. The van der Waals surface area contributed by atoms with Crippen LogP contribution in [0.5, 0.6) is 0 Å². The number of nitrogens with one attached hydrogen (secondary N) is 1. The van der Waals surface area contributed by atoms with Crippen molar-refractivity contribution >= 4 is 22.8 Å². The number of aromatic nitrogens is 1. The third-order valence-electron chi connectivity index (χ3n) is 4.26. The van der Waals surface area contributed by atoms with Crippen molar-refractivity contribution in [3.8, 4) is 11.3 Å². The van der Waals surface area contributed by atoms with Crippen LogP contribution >= 0.6 is 0 Å². The smallest absolute Gasteiger partial charge is 0.475 e. The first kappa shape index (κ1) is 19.4. The quantitative estimate of drug-likeness (QED) is 0.594. The fourth-order valence-electron chi connectivity index (χ4n) is 3.03. The van der Waals surface area contributed by atoms with E-state index in [1.807, 2.05) is 47.0 Å². The van der Waals surface area contributed by atoms with Gasteiger partial charge in [0.2, 0.25) is 0 Å². The molecule has 9 heteroatoms. The first-order chi connectivity index (χ1) is 13.2. The average Bonchev–Trinajstić information content (AvgIpc) is 3.00. The van der Waals surface area contributed by atoms with Gasteiger partial charge in [0.1, 0.15) is 0 Å². The van der Waals surface area contributed by atoms with E-state index in [9.17, 15) is 18.0 Å². The number of carbonyl (C=O) groups is 2. The van der Waals surface area contributed by atoms with Crippen LogP contribution in [0.1, 0.15) is 11.7 Å². The Morgan fingerprint density at radius 2 is 1.79 bits per heavy atom. The van der Waals surface area contributed by atoms with Crippen LogP contribution < -0.4 is 11.1 Å². The highest BCUT2D eigenvalue weighted by Gasteiger charge is 2.38. The van der Waals surface area contributed by atoms with Crippen molar-refractivity contribution in [3.05, 3.63) is 60.2 Å². The predicted octanol–water partition coefficient (Wildman–Crippen LogP) is 3.03. The molecule has 4 rings (SSSR count). The summed E-state index contributed by atoms with van der Waals surface area (Å²) in [4.78, 5) is 21.0. The number of halogens is 3. The maximum Gasteiger partial charge on any atom is 0.490 e. The fraction of sp³-hybridized carbons (Fsp3) is 0.158. The van der Waals surface area contributed by atoms with Gasteiger partial charge < -0.3 is 20.7 Å². The molecular formula is C19H16F3N3O3. The van der Waals surface area contributed by atoms with Crippen molar-refractivity contribution in [2.75, 3.05) is 0 Å². The normalized spacial score (nSPS) is 16.0. The van der Waals surface area contributed by atoms with Gasteiger partial charge in [-0.15, -0.1) is 0 Å². The molecule has 4 N–H and O–H groups in total. The Bertz CT molecular complexity index is 1030. The minimum Gasteiger partial charge on any atom is -0.475 e. The maximum absolute atomic E-state index is 12.1. The van der Waals surface area contributed by atoms with Crippen molar-refractivity contribution in [1.82, 2.24) is 9.88 Å². The number of aliphatic carboxylic acids is 1. The average molecular weight is 391 g/mol. The van der Waals surface area contributed by atoms with E-state index >= 15 is 0 Å². The minimum absolute atomic E-state index is 0.152. The Balaban J connectivity index is 0.000000279. The largest absolute Gasteiger partial charge is 0.490 e. The van der Waals surface area contributed by atoms with E-state index in [4.69, 9.17) is 15.6 Å². The van der Waals surface area contributed by atoms with Crippen molar-refractivity contribution < 1.29 is 27.9 Å². The summed E-state index contributed by atoms with van der Waals surface area (Å²) in [5, 5.41) is 11.1. The van der Waals surface area contributed by atoms with Crippen molar-refractivity contribution in [1.29, 1.82) is 0 Å². The number of hydrogen-bond acceptors (Lipinski definition) is 3. The first-order valence-corrected chi connectivity index (χ1v) is 8.22. The number of carbonyl (C=O) groups excluding carboxylic acids is 1. The number of alkyl halides is 3. The van der Waals surface area contributed by atoms with Crippen LogP contribution in [0.25, 0.3) is 22.2 Å². The van der Waals surface area contributed by atoms with Gasteiger partial charge in [-0.05, 0) is 17.2 Å². The lowest BCUT2D eigenvalue weighted by Crippen LogP contribution is -2.35. The molecule has 1 amide bonds. The number of carboxylic acids is 1. The van der Waals surface area contributed by atoms with Crippen LogP contribution in [0.2, 0.25) is 0 Å². The molecule has 0 saturated heterocycles. The topological polar surface area (TPSA) is 97.4 Å². The molecule has 0 saturated carbocycles. The zero-order valence-corrected chi connectivity index (χ0v) is 14.4. The van der Waals surface area contributed by atoms with Gasteiger partial charge in [0.05, 0.1) is 11.2 Å². The van der Waals surface area contributed by atoms with Gasteiger partial charge in [-0.25, -0.2) is 4.79 Å². The number of nitrogens with zero attached hydrogens (tertiary/aromatic N) is 1. The summed E-state index contributed by atoms with van der Waals surface area (Å²) >= 11 is 0. The number of rotatable bonds is 1. The third kappa shape index (κ3) is 3.70. The van der Waals surface area contributed by atoms with Gasteiger partial charge in [-0.1, -0.05) is 48.5 Å². The minimum atomic E-state index is -5.08. The Morgan fingerprint density at radius 3 is 2.39 bits per heavy atom. The van der Waals surface area contributed by atoms with Gasteiger partial charge in [0.15, 0.2) is 6.17 Å². The first-order valence-electron chi connectivity index (χ1n) is 8.22. The molecule has 1 aliphatic rings. The number of benzene rings is 2. The molecule has 0 bridgehead atoms. The van der Waals surface area contributed by atoms with Crippen LogP contribution in [-0.2, 0) is 16.1 Å². The second-order valence-electron chi connectivity index (χ2n) is 6.09. The molecule has 28 heavy (non-hydrogen) atoms. The second kappa shape index (κ2) is 7.35. The molecule has 0 fully saturated rings. The second-order valence-corrected chi connectivity index (χ2v) is 6.09. The van der Waals surface area contributed by atoms with Gasteiger partial charge in [0.25, 0.3) is 5.91 Å². The summed E-state index contributed by atoms with van der Waals surface area (Å²) in [6.07, 6.45) is -5.79. The number of carboxylic acid groups (broad SMARTS) is 1. The van der Waals surface area contributed by atoms with E-state index in [1.54, 1.807) is 0 Å². The molecule has 0 unspecified atom stereocenters. The van der Waals surface area contributed by atoms with Crippen molar-refractivity contribution in [2.24, 2.45) is 5.73 Å². The molecular weight excluding hydrogens is 375 g/mol. The lowest BCUT2D eigenvalue weighted by atomic mass is 10.1. The lowest BCUT2D eigenvalue weighted by Gasteiger charge is -2.15. The molecule has 0 aliphatic carbocycles.